The van der Waals surface area contributed by atoms with Crippen LogP contribution in [0.1, 0.15) is 35.8 Å². The third-order valence-electron chi connectivity index (χ3n) is 5.63. The number of amides is 2. The maximum absolute atomic E-state index is 13.2. The lowest BCUT2D eigenvalue weighted by molar-refractivity contribution is -0.182. The molecule has 0 radical (unpaired) electrons. The van der Waals surface area contributed by atoms with Crippen molar-refractivity contribution in [1.29, 1.82) is 10.5 Å². The predicted molar refractivity (Wildman–Crippen MR) is 119 cm³/mol. The predicted octanol–water partition coefficient (Wildman–Crippen LogP) is 2.94. The van der Waals surface area contributed by atoms with E-state index < -0.39 is 30.5 Å². The monoisotopic (exact) mass is 485 g/mol. The van der Waals surface area contributed by atoms with E-state index >= 15 is 0 Å². The van der Waals surface area contributed by atoms with Crippen molar-refractivity contribution in [2.45, 2.75) is 25.9 Å². The highest BCUT2D eigenvalue weighted by Gasteiger charge is 2.45. The number of aromatic nitrogens is 2. The average Bonchev–Trinajstić information content (AvgIpc) is 3.20. The number of aromatic amines is 1. The van der Waals surface area contributed by atoms with Crippen molar-refractivity contribution in [2.24, 2.45) is 0 Å². The largest absolute Gasteiger partial charge is 0.471 e. The summed E-state index contributed by atoms with van der Waals surface area (Å²) < 4.78 is 39.7. The van der Waals surface area contributed by atoms with Crippen LogP contribution >= 0.6 is 0 Å². The first-order chi connectivity index (χ1) is 16.4. The number of fused-ring (bicyclic) bond motifs is 1. The van der Waals surface area contributed by atoms with Gasteiger partial charge in [-0.15, -0.1) is 0 Å². The number of dihydropyridines is 1. The number of carbonyl (C=O) groups excluding carboxylic acids is 2. The molecule has 35 heavy (non-hydrogen) atoms. The summed E-state index contributed by atoms with van der Waals surface area (Å²) in [6, 6.07) is 8.90. The fourth-order valence-corrected chi connectivity index (χ4v) is 3.87. The quantitative estimate of drug-likeness (QED) is 0.666. The van der Waals surface area contributed by atoms with Crippen LogP contribution in [0, 0.1) is 22.7 Å². The topological polar surface area (TPSA) is 129 Å². The molecule has 2 amide bonds. The van der Waals surface area contributed by atoms with Crippen molar-refractivity contribution in [3.8, 4) is 12.1 Å². The first kappa shape index (κ1) is 25.5. The molecule has 0 unspecified atom stereocenters. The molecule has 3 rings (SSSR count). The van der Waals surface area contributed by atoms with Crippen molar-refractivity contribution >= 4 is 22.7 Å². The van der Waals surface area contributed by atoms with Crippen molar-refractivity contribution < 1.29 is 22.8 Å². The summed E-state index contributed by atoms with van der Waals surface area (Å²) in [5.41, 5.74) is 2.15. The highest BCUT2D eigenvalue weighted by Crippen LogP contribution is 2.38. The van der Waals surface area contributed by atoms with Crippen LogP contribution in [0.2, 0.25) is 0 Å². The third kappa shape index (κ3) is 4.88. The van der Waals surface area contributed by atoms with Crippen LogP contribution < -0.4 is 5.32 Å². The first-order valence-electron chi connectivity index (χ1n) is 10.4. The summed E-state index contributed by atoms with van der Waals surface area (Å²) in [5.74, 6) is -4.23. The van der Waals surface area contributed by atoms with Crippen molar-refractivity contribution in [3.05, 3.63) is 52.0 Å². The Morgan fingerprint density at radius 1 is 1.09 bits per heavy atom. The van der Waals surface area contributed by atoms with Crippen molar-refractivity contribution in [2.75, 3.05) is 27.2 Å². The summed E-state index contributed by atoms with van der Waals surface area (Å²) in [4.78, 5) is 26.8. The minimum atomic E-state index is -5.25. The van der Waals surface area contributed by atoms with E-state index in [2.05, 4.69) is 27.7 Å². The minimum Gasteiger partial charge on any atom is -0.361 e. The molecule has 0 aliphatic carbocycles. The van der Waals surface area contributed by atoms with Crippen LogP contribution in [0.15, 0.2) is 40.7 Å². The highest BCUT2D eigenvalue weighted by atomic mass is 19.4. The van der Waals surface area contributed by atoms with Crippen LogP contribution in [-0.4, -0.2) is 65.2 Å². The molecule has 2 N–H and O–H groups in total. The lowest BCUT2D eigenvalue weighted by Gasteiger charge is -2.26. The molecule has 2 heterocycles. The van der Waals surface area contributed by atoms with Crippen molar-refractivity contribution in [3.63, 3.8) is 0 Å². The van der Waals surface area contributed by atoms with Crippen LogP contribution in [0.3, 0.4) is 0 Å². The third-order valence-corrected chi connectivity index (χ3v) is 5.63. The molecule has 0 fully saturated rings. The number of benzene rings is 1. The Hall–Kier alpha value is -4.16. The van der Waals surface area contributed by atoms with E-state index in [1.54, 1.807) is 40.1 Å². The molecule has 1 aromatic heterocycles. The van der Waals surface area contributed by atoms with E-state index in [1.165, 1.54) is 11.0 Å². The molecule has 1 aromatic carbocycles. The Labute approximate surface area is 199 Å². The van der Waals surface area contributed by atoms with Gasteiger partial charge in [-0.25, -0.2) is 0 Å². The fraction of sp³-hybridized carbons (Fsp3) is 0.348. The molecule has 9 nitrogen and oxygen atoms in total. The van der Waals surface area contributed by atoms with Gasteiger partial charge in [0.2, 0.25) is 0 Å². The van der Waals surface area contributed by atoms with Gasteiger partial charge in [0.25, 0.3) is 5.91 Å². The molecule has 182 valence electrons. The number of nitrogens with zero attached hydrogens (tertiary/aromatic N) is 5. The van der Waals surface area contributed by atoms with Gasteiger partial charge in [0, 0.05) is 29.9 Å². The summed E-state index contributed by atoms with van der Waals surface area (Å²) in [6.45, 7) is 2.91. The number of nitrogens with one attached hydrogen (secondary N) is 2. The molecule has 0 atom stereocenters. The number of H-pyrrole nitrogens is 1. The van der Waals surface area contributed by atoms with Gasteiger partial charge >= 0.3 is 12.1 Å². The van der Waals surface area contributed by atoms with Crippen molar-refractivity contribution in [1.82, 2.24) is 25.3 Å². The maximum Gasteiger partial charge on any atom is 0.471 e. The molecule has 12 heteroatoms. The summed E-state index contributed by atoms with van der Waals surface area (Å²) in [5, 5.41) is 29.1. The number of hydrogen-bond donors (Lipinski definition) is 2. The zero-order valence-electron chi connectivity index (χ0n) is 19.4. The molecule has 0 spiro atoms. The van der Waals surface area contributed by atoms with Crippen LogP contribution in [0.25, 0.3) is 10.9 Å². The SMILES string of the molecule is CC1=C(C#N)C(c2ccc3[nH]nc(C(=O)N(CCN(C)C)C(=O)C(F)(F)F)c3c2)C(C#N)=C(C)N1. The fourth-order valence-electron chi connectivity index (χ4n) is 3.87. The maximum atomic E-state index is 13.2. The number of allylic oxidation sites excluding steroid dienone is 4. The van der Waals surface area contributed by atoms with Gasteiger partial charge in [0.15, 0.2) is 5.69 Å². The van der Waals surface area contributed by atoms with Crippen LogP contribution in [-0.2, 0) is 4.79 Å². The van der Waals surface area contributed by atoms with Crippen LogP contribution in [0.5, 0.6) is 0 Å². The Morgan fingerprint density at radius 2 is 1.69 bits per heavy atom. The molecule has 0 saturated carbocycles. The normalized spacial score (nSPS) is 14.7. The number of halogens is 3. The van der Waals surface area contributed by atoms with E-state index in [4.69, 9.17) is 0 Å². The molecular formula is C23H22F3N7O2. The van der Waals surface area contributed by atoms with E-state index in [9.17, 15) is 33.3 Å². The summed E-state index contributed by atoms with van der Waals surface area (Å²) >= 11 is 0. The molecule has 1 aliphatic heterocycles. The Bertz CT molecular complexity index is 1300. The number of likely N-dealkylation sites (N-methyl/N-ethyl adjacent to an activating group) is 1. The Kier molecular flexibility index (Phi) is 6.99. The molecule has 2 aromatic rings. The van der Waals surface area contributed by atoms with Gasteiger partial charge in [-0.3, -0.25) is 19.6 Å². The number of nitriles is 2. The molecule has 1 aliphatic rings. The number of rotatable bonds is 5. The summed E-state index contributed by atoms with van der Waals surface area (Å²) in [6.07, 6.45) is -5.25. The molecule has 0 saturated heterocycles. The van der Waals surface area contributed by atoms with Gasteiger partial charge in [0.05, 0.1) is 34.7 Å². The van der Waals surface area contributed by atoms with Gasteiger partial charge in [-0.1, -0.05) is 6.07 Å². The average molecular weight is 485 g/mol. The lowest BCUT2D eigenvalue weighted by Crippen LogP contribution is -2.47. The summed E-state index contributed by atoms with van der Waals surface area (Å²) in [7, 11) is 3.20. The highest BCUT2D eigenvalue weighted by molar-refractivity contribution is 6.11. The van der Waals surface area contributed by atoms with Gasteiger partial charge < -0.3 is 10.2 Å². The number of imide groups is 1. The second kappa shape index (κ2) is 9.60. The minimum absolute atomic E-state index is 0.0153. The zero-order valence-corrected chi connectivity index (χ0v) is 19.4. The smallest absolute Gasteiger partial charge is 0.361 e. The lowest BCUT2D eigenvalue weighted by atomic mass is 9.81. The number of hydrogen-bond acceptors (Lipinski definition) is 7. The number of carbonyl (C=O) groups is 2. The first-order valence-corrected chi connectivity index (χ1v) is 10.4. The second-order valence-corrected chi connectivity index (χ2v) is 8.30. The zero-order chi connectivity index (χ0) is 26.1. The van der Waals surface area contributed by atoms with E-state index in [0.29, 0.717) is 33.6 Å². The second-order valence-electron chi connectivity index (χ2n) is 8.30. The number of alkyl halides is 3. The van der Waals surface area contributed by atoms with E-state index in [-0.39, 0.29) is 22.5 Å². The van der Waals surface area contributed by atoms with Gasteiger partial charge in [-0.05, 0) is 45.6 Å². The van der Waals surface area contributed by atoms with Gasteiger partial charge in [0.1, 0.15) is 0 Å². The van der Waals surface area contributed by atoms with E-state index in [1.807, 2.05) is 0 Å². The molecule has 0 bridgehead atoms. The molecular weight excluding hydrogens is 463 g/mol. The van der Waals surface area contributed by atoms with E-state index in [0.717, 1.165) is 0 Å². The standard InChI is InChI=1S/C23H22F3N7O2/c1-12-16(10-27)19(17(11-28)13(2)29-12)14-5-6-18-15(9-14)20(31-30-18)21(34)33(8-7-32(3)4)22(35)23(24,25)26/h5-6,9,19,29H,7-8H2,1-4H3,(H,30,31). The Morgan fingerprint density at radius 3 is 2.20 bits per heavy atom. The van der Waals surface area contributed by atoms with Gasteiger partial charge in [-0.2, -0.15) is 28.8 Å². The Balaban J connectivity index is 2.13. The van der Waals surface area contributed by atoms with Crippen LogP contribution in [0.4, 0.5) is 13.2 Å².